The second-order valence-electron chi connectivity index (χ2n) is 4.98. The number of carbonyl (C=O) groups excluding carboxylic acids is 1. The maximum atomic E-state index is 12.8. The molecule has 2 aromatic rings. The van der Waals surface area contributed by atoms with Crippen LogP contribution in [0.25, 0.3) is 0 Å². The predicted octanol–water partition coefficient (Wildman–Crippen LogP) is 2.59. The van der Waals surface area contributed by atoms with Gasteiger partial charge in [0.05, 0.1) is 25.0 Å². The number of methoxy groups -OCH3 is 1. The van der Waals surface area contributed by atoms with Crippen LogP contribution in [0.4, 0.5) is 5.69 Å². The van der Waals surface area contributed by atoms with Gasteiger partial charge in [0, 0.05) is 6.54 Å². The summed E-state index contributed by atoms with van der Waals surface area (Å²) in [7, 11) is -2.32. The zero-order valence-electron chi connectivity index (χ0n) is 12.9. The Morgan fingerprint density at radius 3 is 2.13 bits per heavy atom. The summed E-state index contributed by atoms with van der Waals surface area (Å²) in [5.74, 6) is -0.565. The van der Waals surface area contributed by atoms with Gasteiger partial charge in [0.2, 0.25) is 10.0 Å². The summed E-state index contributed by atoms with van der Waals surface area (Å²) in [6.45, 7) is 0.0475. The van der Waals surface area contributed by atoms with Gasteiger partial charge in [-0.05, 0) is 17.7 Å². The van der Waals surface area contributed by atoms with Gasteiger partial charge in [0.25, 0.3) is 0 Å². The number of benzene rings is 2. The van der Waals surface area contributed by atoms with Crippen molar-refractivity contribution >= 4 is 21.7 Å². The van der Waals surface area contributed by atoms with Crippen LogP contribution >= 0.6 is 0 Å². The van der Waals surface area contributed by atoms with Gasteiger partial charge in [-0.2, -0.15) is 0 Å². The summed E-state index contributed by atoms with van der Waals surface area (Å²) >= 11 is 0. The molecular formula is C17H19NO4S. The number of hydrogen-bond acceptors (Lipinski definition) is 4. The zero-order valence-corrected chi connectivity index (χ0v) is 13.7. The second kappa shape index (κ2) is 7.78. The van der Waals surface area contributed by atoms with Crippen LogP contribution in [-0.2, 0) is 25.3 Å². The Morgan fingerprint density at radius 1 is 1.00 bits per heavy atom. The van der Waals surface area contributed by atoms with Gasteiger partial charge >= 0.3 is 5.97 Å². The first-order chi connectivity index (χ1) is 11.0. The molecule has 2 aromatic carbocycles. The Morgan fingerprint density at radius 2 is 1.57 bits per heavy atom. The lowest BCUT2D eigenvalue weighted by Gasteiger charge is -2.24. The van der Waals surface area contributed by atoms with Crippen LogP contribution in [-0.4, -0.2) is 28.0 Å². The molecule has 122 valence electrons. The molecule has 5 nitrogen and oxygen atoms in total. The number of esters is 1. The number of carbonyl (C=O) groups is 1. The van der Waals surface area contributed by atoms with Crippen molar-refractivity contribution in [2.45, 2.75) is 12.2 Å². The number of anilines is 1. The molecule has 0 spiro atoms. The summed E-state index contributed by atoms with van der Waals surface area (Å²) in [6.07, 6.45) is -0.000581. The third-order valence-corrected chi connectivity index (χ3v) is 5.08. The minimum atomic E-state index is -3.61. The molecule has 0 saturated heterocycles. The van der Waals surface area contributed by atoms with Crippen LogP contribution in [0.1, 0.15) is 12.0 Å². The summed E-state index contributed by atoms with van der Waals surface area (Å²) in [6, 6.07) is 17.7. The van der Waals surface area contributed by atoms with Crippen LogP contribution in [0.2, 0.25) is 0 Å². The van der Waals surface area contributed by atoms with Crippen molar-refractivity contribution in [1.82, 2.24) is 0 Å². The quantitative estimate of drug-likeness (QED) is 0.731. The molecule has 0 unspecified atom stereocenters. The summed E-state index contributed by atoms with van der Waals surface area (Å²) in [4.78, 5) is 11.4. The van der Waals surface area contributed by atoms with E-state index in [-0.39, 0.29) is 18.7 Å². The van der Waals surface area contributed by atoms with E-state index in [0.29, 0.717) is 11.3 Å². The SMILES string of the molecule is COC(=O)CCN(c1ccccc1)S(=O)(=O)Cc1ccccc1. The van der Waals surface area contributed by atoms with Crippen molar-refractivity contribution in [3.63, 3.8) is 0 Å². The Kier molecular flexibility index (Phi) is 5.76. The van der Waals surface area contributed by atoms with Gasteiger partial charge in [-0.15, -0.1) is 0 Å². The maximum Gasteiger partial charge on any atom is 0.307 e. The lowest BCUT2D eigenvalue weighted by atomic mass is 10.2. The van der Waals surface area contributed by atoms with E-state index in [1.165, 1.54) is 11.4 Å². The minimum absolute atomic E-state index is 0.000581. The molecule has 2 rings (SSSR count). The van der Waals surface area contributed by atoms with Crippen molar-refractivity contribution in [2.24, 2.45) is 0 Å². The fourth-order valence-corrected chi connectivity index (χ4v) is 3.76. The van der Waals surface area contributed by atoms with Gasteiger partial charge in [-0.1, -0.05) is 48.5 Å². The molecule has 0 atom stereocenters. The molecule has 6 heteroatoms. The molecule has 0 aromatic heterocycles. The number of sulfonamides is 1. The third-order valence-electron chi connectivity index (χ3n) is 3.32. The topological polar surface area (TPSA) is 63.7 Å². The average molecular weight is 333 g/mol. The highest BCUT2D eigenvalue weighted by Gasteiger charge is 2.23. The highest BCUT2D eigenvalue weighted by atomic mass is 32.2. The van der Waals surface area contributed by atoms with E-state index in [2.05, 4.69) is 4.74 Å². The minimum Gasteiger partial charge on any atom is -0.469 e. The molecule has 0 heterocycles. The van der Waals surface area contributed by atoms with Crippen molar-refractivity contribution in [3.8, 4) is 0 Å². The van der Waals surface area contributed by atoms with Crippen LogP contribution in [0.3, 0.4) is 0 Å². The van der Waals surface area contributed by atoms with Gasteiger partial charge in [0.15, 0.2) is 0 Å². The molecule has 0 aliphatic carbocycles. The molecule has 0 aliphatic heterocycles. The standard InChI is InChI=1S/C17H19NO4S/c1-22-17(19)12-13-18(16-10-6-3-7-11-16)23(20,21)14-15-8-4-2-5-9-15/h2-11H,12-14H2,1H3. The van der Waals surface area contributed by atoms with E-state index >= 15 is 0 Å². The highest BCUT2D eigenvalue weighted by Crippen LogP contribution is 2.21. The van der Waals surface area contributed by atoms with E-state index in [4.69, 9.17) is 0 Å². The Hall–Kier alpha value is -2.34. The van der Waals surface area contributed by atoms with E-state index in [1.807, 2.05) is 12.1 Å². The van der Waals surface area contributed by atoms with Crippen molar-refractivity contribution < 1.29 is 17.9 Å². The predicted molar refractivity (Wildman–Crippen MR) is 89.5 cm³/mol. The molecule has 0 fully saturated rings. The van der Waals surface area contributed by atoms with Crippen LogP contribution in [0.5, 0.6) is 0 Å². The average Bonchev–Trinajstić information content (AvgIpc) is 2.56. The molecule has 0 aliphatic rings. The Balaban J connectivity index is 2.26. The summed E-state index contributed by atoms with van der Waals surface area (Å²) in [5.41, 5.74) is 1.24. The smallest absolute Gasteiger partial charge is 0.307 e. The summed E-state index contributed by atoms with van der Waals surface area (Å²) < 4.78 is 31.4. The Labute approximate surface area is 136 Å². The number of rotatable bonds is 7. The number of hydrogen-bond donors (Lipinski definition) is 0. The van der Waals surface area contributed by atoms with E-state index in [0.717, 1.165) is 0 Å². The molecule has 0 saturated carbocycles. The van der Waals surface area contributed by atoms with E-state index in [1.54, 1.807) is 48.5 Å². The van der Waals surface area contributed by atoms with Crippen LogP contribution < -0.4 is 4.31 Å². The first kappa shape index (κ1) is 17.0. The lowest BCUT2D eigenvalue weighted by molar-refractivity contribution is -0.140. The first-order valence-corrected chi connectivity index (χ1v) is 8.80. The van der Waals surface area contributed by atoms with Crippen molar-refractivity contribution in [3.05, 3.63) is 66.2 Å². The molecule has 0 N–H and O–H groups in total. The largest absolute Gasteiger partial charge is 0.469 e. The fraction of sp³-hybridized carbons (Fsp3) is 0.235. The second-order valence-corrected chi connectivity index (χ2v) is 6.87. The van der Waals surface area contributed by atoms with Crippen LogP contribution in [0.15, 0.2) is 60.7 Å². The maximum absolute atomic E-state index is 12.8. The number of para-hydroxylation sites is 1. The van der Waals surface area contributed by atoms with Crippen molar-refractivity contribution in [2.75, 3.05) is 18.0 Å². The summed E-state index contributed by atoms with van der Waals surface area (Å²) in [5, 5.41) is 0. The molecule has 23 heavy (non-hydrogen) atoms. The van der Waals surface area contributed by atoms with Gasteiger partial charge < -0.3 is 4.74 Å². The van der Waals surface area contributed by atoms with Gasteiger partial charge in [-0.25, -0.2) is 8.42 Å². The third kappa shape index (κ3) is 4.82. The molecular weight excluding hydrogens is 314 g/mol. The van der Waals surface area contributed by atoms with E-state index in [9.17, 15) is 13.2 Å². The van der Waals surface area contributed by atoms with Gasteiger partial charge in [0.1, 0.15) is 0 Å². The molecule has 0 amide bonds. The monoisotopic (exact) mass is 333 g/mol. The van der Waals surface area contributed by atoms with Gasteiger partial charge in [-0.3, -0.25) is 9.10 Å². The van der Waals surface area contributed by atoms with Crippen LogP contribution in [0, 0.1) is 0 Å². The lowest BCUT2D eigenvalue weighted by Crippen LogP contribution is -2.34. The number of nitrogens with zero attached hydrogens (tertiary/aromatic N) is 1. The molecule has 0 bridgehead atoms. The first-order valence-electron chi connectivity index (χ1n) is 7.19. The zero-order chi connectivity index (χ0) is 16.7. The number of ether oxygens (including phenoxy) is 1. The van der Waals surface area contributed by atoms with Crippen molar-refractivity contribution in [1.29, 1.82) is 0 Å². The fourth-order valence-electron chi connectivity index (χ4n) is 2.18. The van der Waals surface area contributed by atoms with E-state index < -0.39 is 16.0 Å². The Bertz CT molecular complexity index is 730. The normalized spacial score (nSPS) is 11.0. The molecule has 0 radical (unpaired) electrons. The highest BCUT2D eigenvalue weighted by molar-refractivity contribution is 7.92.